The van der Waals surface area contributed by atoms with Crippen molar-refractivity contribution in [2.45, 2.75) is 6.36 Å². The van der Waals surface area contributed by atoms with Crippen molar-refractivity contribution < 1.29 is 32.3 Å². The third-order valence-electron chi connectivity index (χ3n) is 5.06. The Morgan fingerprint density at radius 2 is 1.69 bits per heavy atom. The molecule has 2 heterocycles. The molecule has 8 nitrogen and oxygen atoms in total. The summed E-state index contributed by atoms with van der Waals surface area (Å²) in [7, 11) is 3.62. The van der Waals surface area contributed by atoms with Crippen molar-refractivity contribution in [3.05, 3.63) is 53.6 Å². The van der Waals surface area contributed by atoms with E-state index in [0.29, 0.717) is 16.8 Å². The van der Waals surface area contributed by atoms with Crippen LogP contribution in [0.2, 0.25) is 0 Å². The van der Waals surface area contributed by atoms with Crippen LogP contribution in [0.4, 0.5) is 18.3 Å². The number of hydrogen-bond donors (Lipinski definition) is 0. The number of ether oxygens (including phenoxy) is 1. The van der Waals surface area contributed by atoms with E-state index < -0.39 is 36.4 Å². The van der Waals surface area contributed by atoms with Gasteiger partial charge in [0.2, 0.25) is 5.91 Å². The molecule has 186 valence electrons. The Labute approximate surface area is 208 Å². The second-order valence-corrected chi connectivity index (χ2v) is 8.77. The van der Waals surface area contributed by atoms with Gasteiger partial charge in [-0.05, 0) is 38.4 Å². The number of likely N-dealkylation sites (N-methyl/N-ethyl adjacent to an activating group) is 1. The molecule has 3 aromatic rings. The van der Waals surface area contributed by atoms with Gasteiger partial charge < -0.3 is 9.64 Å². The van der Waals surface area contributed by atoms with Crippen LogP contribution in [0.25, 0.3) is 10.2 Å². The van der Waals surface area contributed by atoms with Gasteiger partial charge in [-0.15, -0.1) is 25.6 Å². The Balaban J connectivity index is 0.00000342. The van der Waals surface area contributed by atoms with Crippen LogP contribution in [-0.4, -0.2) is 72.6 Å². The molecule has 4 rings (SSSR count). The van der Waals surface area contributed by atoms with Crippen molar-refractivity contribution in [1.29, 1.82) is 0 Å². The molecule has 13 heteroatoms. The highest BCUT2D eigenvalue weighted by atomic mass is 35.5. The van der Waals surface area contributed by atoms with Crippen LogP contribution in [0.1, 0.15) is 20.7 Å². The van der Waals surface area contributed by atoms with Crippen LogP contribution in [0, 0.1) is 0 Å². The number of carbonyl (C=O) groups is 3. The fourth-order valence-electron chi connectivity index (χ4n) is 3.44. The van der Waals surface area contributed by atoms with Gasteiger partial charge in [-0.25, -0.2) is 4.98 Å². The Morgan fingerprint density at radius 3 is 2.26 bits per heavy atom. The van der Waals surface area contributed by atoms with Crippen LogP contribution in [0.3, 0.4) is 0 Å². The normalized spacial score (nSPS) is 13.3. The molecule has 0 atom stereocenters. The predicted molar refractivity (Wildman–Crippen MR) is 126 cm³/mol. The molecule has 3 amide bonds. The molecule has 0 spiro atoms. The van der Waals surface area contributed by atoms with Crippen molar-refractivity contribution in [3.63, 3.8) is 0 Å². The number of thiazole rings is 1. The number of anilines is 1. The number of alkyl halides is 3. The molecular formula is C22H20ClF3N4O4S. The van der Waals surface area contributed by atoms with E-state index in [4.69, 9.17) is 0 Å². The highest BCUT2D eigenvalue weighted by molar-refractivity contribution is 7.22. The first-order valence-corrected chi connectivity index (χ1v) is 10.9. The topological polar surface area (TPSA) is 83.0 Å². The first-order chi connectivity index (χ1) is 16.0. The number of rotatable bonds is 7. The Bertz CT molecular complexity index is 1250. The van der Waals surface area contributed by atoms with Gasteiger partial charge in [0.25, 0.3) is 11.8 Å². The number of amides is 3. The maximum atomic E-state index is 13.2. The predicted octanol–water partition coefficient (Wildman–Crippen LogP) is 3.81. The van der Waals surface area contributed by atoms with Crippen molar-refractivity contribution >= 4 is 56.8 Å². The quantitative estimate of drug-likeness (QED) is 0.434. The minimum Gasteiger partial charge on any atom is -0.406 e. The molecular weight excluding hydrogens is 509 g/mol. The van der Waals surface area contributed by atoms with E-state index in [2.05, 4.69) is 9.72 Å². The standard InChI is InChI=1S/C22H19F3N4O4S.ClH/c1-27(2)9-10-28(18(30)12-29-19(31)14-5-3-4-6-15(14)20(29)32)21-26-16-8-7-13(11-17(16)34-21)33-22(23,24)25;/h3-8,11H,9-10,12H2,1-2H3;1H. The molecule has 1 aromatic heterocycles. The summed E-state index contributed by atoms with van der Waals surface area (Å²) in [5, 5.41) is 0.239. The van der Waals surface area contributed by atoms with Gasteiger partial charge in [0, 0.05) is 19.2 Å². The summed E-state index contributed by atoms with van der Waals surface area (Å²) in [6.07, 6.45) is -4.83. The monoisotopic (exact) mass is 528 g/mol. The van der Waals surface area contributed by atoms with E-state index in [-0.39, 0.29) is 35.2 Å². The average molecular weight is 529 g/mol. The first-order valence-electron chi connectivity index (χ1n) is 10.1. The summed E-state index contributed by atoms with van der Waals surface area (Å²) in [6.45, 7) is 0.158. The number of nitrogens with zero attached hydrogens (tertiary/aromatic N) is 4. The maximum absolute atomic E-state index is 13.2. The molecule has 2 aromatic carbocycles. The van der Waals surface area contributed by atoms with Gasteiger partial charge in [0.1, 0.15) is 12.3 Å². The highest BCUT2D eigenvalue weighted by Crippen LogP contribution is 2.33. The highest BCUT2D eigenvalue weighted by Gasteiger charge is 2.37. The molecule has 35 heavy (non-hydrogen) atoms. The molecule has 0 bridgehead atoms. The summed E-state index contributed by atoms with van der Waals surface area (Å²) in [4.78, 5) is 47.0. The van der Waals surface area contributed by atoms with E-state index in [9.17, 15) is 27.6 Å². The number of halogens is 4. The minimum absolute atomic E-state index is 0. The second-order valence-electron chi connectivity index (χ2n) is 7.76. The lowest BCUT2D eigenvalue weighted by Crippen LogP contribution is -2.45. The van der Waals surface area contributed by atoms with Crippen LogP contribution in [0.15, 0.2) is 42.5 Å². The van der Waals surface area contributed by atoms with E-state index in [1.807, 2.05) is 19.0 Å². The summed E-state index contributed by atoms with van der Waals surface area (Å²) >= 11 is 1.01. The van der Waals surface area contributed by atoms with Crippen molar-refractivity contribution in [2.24, 2.45) is 0 Å². The van der Waals surface area contributed by atoms with Crippen LogP contribution in [0.5, 0.6) is 5.75 Å². The Kier molecular flexibility index (Phi) is 7.68. The molecule has 0 saturated heterocycles. The number of benzene rings is 2. The van der Waals surface area contributed by atoms with Gasteiger partial charge in [0.05, 0.1) is 21.3 Å². The van der Waals surface area contributed by atoms with Crippen LogP contribution < -0.4 is 9.64 Å². The number of aromatic nitrogens is 1. The molecule has 0 fully saturated rings. The lowest BCUT2D eigenvalue weighted by atomic mass is 10.1. The molecule has 1 aliphatic rings. The van der Waals surface area contributed by atoms with Gasteiger partial charge in [-0.3, -0.25) is 24.2 Å². The van der Waals surface area contributed by atoms with E-state index in [1.54, 1.807) is 12.1 Å². The first kappa shape index (κ1) is 26.4. The fraction of sp³-hybridized carbons (Fsp3) is 0.273. The molecule has 0 aliphatic carbocycles. The average Bonchev–Trinajstić information content (AvgIpc) is 3.27. The molecule has 0 radical (unpaired) electrons. The third kappa shape index (κ3) is 5.72. The van der Waals surface area contributed by atoms with E-state index >= 15 is 0 Å². The smallest absolute Gasteiger partial charge is 0.406 e. The van der Waals surface area contributed by atoms with E-state index in [1.165, 1.54) is 29.2 Å². The van der Waals surface area contributed by atoms with Gasteiger partial charge >= 0.3 is 6.36 Å². The maximum Gasteiger partial charge on any atom is 0.573 e. The Hall–Kier alpha value is -3.22. The zero-order valence-corrected chi connectivity index (χ0v) is 20.2. The lowest BCUT2D eigenvalue weighted by Gasteiger charge is -2.24. The number of hydrogen-bond acceptors (Lipinski definition) is 7. The summed E-state index contributed by atoms with van der Waals surface area (Å²) in [5.41, 5.74) is 0.854. The summed E-state index contributed by atoms with van der Waals surface area (Å²) in [5.74, 6) is -2.05. The fourth-order valence-corrected chi connectivity index (χ4v) is 4.47. The van der Waals surface area contributed by atoms with Gasteiger partial charge in [0.15, 0.2) is 5.13 Å². The zero-order chi connectivity index (χ0) is 24.6. The van der Waals surface area contributed by atoms with Crippen LogP contribution >= 0.6 is 23.7 Å². The molecule has 1 aliphatic heterocycles. The van der Waals surface area contributed by atoms with Crippen molar-refractivity contribution in [2.75, 3.05) is 38.6 Å². The van der Waals surface area contributed by atoms with E-state index in [0.717, 1.165) is 22.3 Å². The molecule has 0 unspecified atom stereocenters. The van der Waals surface area contributed by atoms with Crippen LogP contribution in [-0.2, 0) is 4.79 Å². The number of carbonyl (C=O) groups excluding carboxylic acids is 3. The Morgan fingerprint density at radius 1 is 1.06 bits per heavy atom. The van der Waals surface area contributed by atoms with Crippen molar-refractivity contribution in [1.82, 2.24) is 14.8 Å². The van der Waals surface area contributed by atoms with Crippen molar-refractivity contribution in [3.8, 4) is 5.75 Å². The SMILES string of the molecule is CN(C)CCN(C(=O)CN1C(=O)c2ccccc2C1=O)c1nc2ccc(OC(F)(F)F)cc2s1.Cl. The minimum atomic E-state index is -4.83. The second kappa shape index (κ2) is 10.2. The lowest BCUT2D eigenvalue weighted by molar-refractivity contribution is -0.274. The van der Waals surface area contributed by atoms with Gasteiger partial charge in [-0.2, -0.15) is 0 Å². The molecule has 0 saturated carbocycles. The third-order valence-corrected chi connectivity index (χ3v) is 6.10. The van der Waals surface area contributed by atoms with Gasteiger partial charge in [-0.1, -0.05) is 23.5 Å². The molecule has 0 N–H and O–H groups in total. The number of fused-ring (bicyclic) bond motifs is 2. The number of imide groups is 1. The summed E-state index contributed by atoms with van der Waals surface area (Å²) in [6, 6.07) is 10.0. The summed E-state index contributed by atoms with van der Waals surface area (Å²) < 4.78 is 42.0. The zero-order valence-electron chi connectivity index (χ0n) is 18.5. The largest absolute Gasteiger partial charge is 0.573 e.